The average Bonchev–Trinajstić information content (AvgIpc) is 3.71. The van der Waals surface area contributed by atoms with E-state index in [1.165, 1.54) is 43.6 Å². The van der Waals surface area contributed by atoms with Crippen LogP contribution in [0.2, 0.25) is 0 Å². The van der Waals surface area contributed by atoms with E-state index >= 15 is 0 Å². The Bertz CT molecular complexity index is 2680. The van der Waals surface area contributed by atoms with Crippen molar-refractivity contribution in [2.75, 3.05) is 0 Å². The van der Waals surface area contributed by atoms with Crippen molar-refractivity contribution in [2.24, 2.45) is 4.99 Å². The van der Waals surface area contributed by atoms with Gasteiger partial charge in [-0.3, -0.25) is 4.99 Å². The maximum Gasteiger partial charge on any atom is 0.147 e. The summed E-state index contributed by atoms with van der Waals surface area (Å²) in [6, 6.07) is 62.7. The molecule has 1 aliphatic heterocycles. The predicted octanol–water partition coefficient (Wildman–Crippen LogP) is 11.0. The molecule has 0 saturated carbocycles. The summed E-state index contributed by atoms with van der Waals surface area (Å²) in [5, 5.41) is 8.83. The molecule has 1 aliphatic rings. The number of para-hydroxylation sites is 4. The Hall–Kier alpha value is -6.65. The van der Waals surface area contributed by atoms with Crippen molar-refractivity contribution < 1.29 is 0 Å². The lowest BCUT2D eigenvalue weighted by Gasteiger charge is -2.27. The lowest BCUT2D eigenvalue weighted by molar-refractivity contribution is 0.660. The minimum absolute atomic E-state index is 0.367. The van der Waals surface area contributed by atoms with Crippen LogP contribution >= 0.6 is 0 Å². The van der Waals surface area contributed by atoms with Crippen molar-refractivity contribution in [3.63, 3.8) is 0 Å². The van der Waals surface area contributed by atoms with E-state index in [4.69, 9.17) is 4.99 Å². The summed E-state index contributed by atoms with van der Waals surface area (Å²) in [6.45, 7) is 0. The zero-order chi connectivity index (χ0) is 33.0. The lowest BCUT2D eigenvalue weighted by atomic mass is 10.0. The van der Waals surface area contributed by atoms with E-state index in [-0.39, 0.29) is 6.17 Å². The molecule has 0 spiro atoms. The van der Waals surface area contributed by atoms with Crippen LogP contribution in [0, 0.1) is 0 Å². The summed E-state index contributed by atoms with van der Waals surface area (Å²) in [5.41, 5.74) is 12.2. The van der Waals surface area contributed by atoms with Crippen molar-refractivity contribution in [3.05, 3.63) is 199 Å². The largest absolute Gasteiger partial charge is 0.359 e. The van der Waals surface area contributed by atoms with Gasteiger partial charge in [-0.15, -0.1) is 0 Å². The summed E-state index contributed by atoms with van der Waals surface area (Å²) in [6.07, 6.45) is 1.81. The first-order valence-corrected chi connectivity index (χ1v) is 17.1. The molecule has 1 N–H and O–H groups in total. The molecule has 4 heteroatoms. The number of hydrogen-bond donors (Lipinski definition) is 1. The minimum Gasteiger partial charge on any atom is -0.359 e. The number of fused-ring (bicyclic) bond motifs is 6. The summed E-state index contributed by atoms with van der Waals surface area (Å²) >= 11 is 0. The van der Waals surface area contributed by atoms with Crippen LogP contribution in [0.3, 0.4) is 0 Å². The van der Waals surface area contributed by atoms with Crippen molar-refractivity contribution in [3.8, 4) is 11.4 Å². The van der Waals surface area contributed by atoms with Gasteiger partial charge in [0.15, 0.2) is 0 Å². The van der Waals surface area contributed by atoms with Crippen molar-refractivity contribution in [2.45, 2.75) is 6.17 Å². The van der Waals surface area contributed by atoms with Crippen LogP contribution < -0.4 is 5.32 Å². The van der Waals surface area contributed by atoms with E-state index in [0.717, 1.165) is 39.5 Å². The van der Waals surface area contributed by atoms with E-state index in [9.17, 15) is 0 Å². The number of aliphatic imine (C=N–C) groups is 1. The van der Waals surface area contributed by atoms with Gasteiger partial charge in [0.2, 0.25) is 0 Å². The van der Waals surface area contributed by atoms with Gasteiger partial charge < -0.3 is 14.5 Å². The summed E-state index contributed by atoms with van der Waals surface area (Å²) in [5.74, 6) is 0. The molecule has 50 heavy (non-hydrogen) atoms. The monoisotopic (exact) mass is 640 g/mol. The number of benzene rings is 7. The van der Waals surface area contributed by atoms with Gasteiger partial charge in [0.25, 0.3) is 0 Å². The predicted molar refractivity (Wildman–Crippen MR) is 208 cm³/mol. The molecule has 236 valence electrons. The van der Waals surface area contributed by atoms with Crippen LogP contribution in [0.25, 0.3) is 60.7 Å². The fraction of sp³-hybridized carbons (Fsp3) is 0.0217. The van der Waals surface area contributed by atoms with Crippen LogP contribution in [0.15, 0.2) is 187 Å². The average molecular weight is 641 g/mol. The van der Waals surface area contributed by atoms with Crippen molar-refractivity contribution in [1.82, 2.24) is 14.5 Å². The molecule has 0 saturated heterocycles. The number of nitrogens with zero attached hydrogens (tertiary/aromatic N) is 3. The first-order chi connectivity index (χ1) is 24.8. The van der Waals surface area contributed by atoms with Crippen LogP contribution in [0.5, 0.6) is 0 Å². The maximum atomic E-state index is 5.48. The molecule has 10 rings (SSSR count). The molecule has 0 radical (unpaired) electrons. The molecular formula is C46H32N4. The Morgan fingerprint density at radius 3 is 1.44 bits per heavy atom. The normalized spacial score (nSPS) is 14.6. The molecule has 0 bridgehead atoms. The number of hydrogen-bond acceptors (Lipinski definition) is 2. The molecule has 0 amide bonds. The highest BCUT2D eigenvalue weighted by molar-refractivity contribution is 6.13. The summed E-state index contributed by atoms with van der Waals surface area (Å²) < 4.78 is 4.80. The maximum absolute atomic E-state index is 5.48. The van der Waals surface area contributed by atoms with Crippen LogP contribution in [0.1, 0.15) is 22.9 Å². The number of nitrogens with one attached hydrogen (secondary N) is 1. The quantitative estimate of drug-likeness (QED) is 0.200. The third-order valence-electron chi connectivity index (χ3n) is 9.96. The van der Waals surface area contributed by atoms with E-state index in [0.29, 0.717) is 0 Å². The molecular weight excluding hydrogens is 609 g/mol. The third-order valence-corrected chi connectivity index (χ3v) is 9.96. The second-order valence-corrected chi connectivity index (χ2v) is 12.8. The molecule has 3 heterocycles. The Balaban J connectivity index is 1.27. The van der Waals surface area contributed by atoms with Crippen LogP contribution in [-0.4, -0.2) is 14.8 Å². The summed E-state index contributed by atoms with van der Waals surface area (Å²) in [4.78, 5) is 5.48. The Morgan fingerprint density at radius 1 is 0.440 bits per heavy atom. The van der Waals surface area contributed by atoms with E-state index in [2.05, 4.69) is 196 Å². The molecule has 0 aliphatic carbocycles. The molecule has 1 unspecified atom stereocenters. The highest BCUT2D eigenvalue weighted by Gasteiger charge is 2.25. The molecule has 0 fully saturated rings. The fourth-order valence-corrected chi connectivity index (χ4v) is 7.72. The Morgan fingerprint density at radius 2 is 0.900 bits per heavy atom. The van der Waals surface area contributed by atoms with Crippen LogP contribution in [0.4, 0.5) is 0 Å². The smallest absolute Gasteiger partial charge is 0.147 e. The summed E-state index contributed by atoms with van der Waals surface area (Å²) in [7, 11) is 0. The van der Waals surface area contributed by atoms with E-state index in [1.807, 2.05) is 0 Å². The first kappa shape index (κ1) is 28.4. The van der Waals surface area contributed by atoms with Gasteiger partial charge in [-0.1, -0.05) is 133 Å². The molecule has 9 aromatic rings. The Kier molecular flexibility index (Phi) is 6.53. The van der Waals surface area contributed by atoms with Gasteiger partial charge in [-0.05, 0) is 59.7 Å². The highest BCUT2D eigenvalue weighted by Crippen LogP contribution is 2.39. The highest BCUT2D eigenvalue weighted by atomic mass is 15.1. The first-order valence-electron chi connectivity index (χ1n) is 17.1. The van der Waals surface area contributed by atoms with Gasteiger partial charge >= 0.3 is 0 Å². The number of rotatable bonds is 5. The topological polar surface area (TPSA) is 34.2 Å². The molecule has 4 nitrogen and oxygen atoms in total. The van der Waals surface area contributed by atoms with Gasteiger partial charge in [0.05, 0.1) is 33.5 Å². The van der Waals surface area contributed by atoms with Gasteiger partial charge in [0, 0.05) is 38.5 Å². The second kappa shape index (κ2) is 11.5. The van der Waals surface area contributed by atoms with Crippen molar-refractivity contribution >= 4 is 55.0 Å². The number of aromatic nitrogens is 2. The van der Waals surface area contributed by atoms with E-state index in [1.54, 1.807) is 0 Å². The molecule has 2 aromatic heterocycles. The van der Waals surface area contributed by atoms with Gasteiger partial charge in [-0.25, -0.2) is 0 Å². The Labute approximate surface area is 289 Å². The van der Waals surface area contributed by atoms with Crippen molar-refractivity contribution in [1.29, 1.82) is 0 Å². The van der Waals surface area contributed by atoms with E-state index < -0.39 is 0 Å². The van der Waals surface area contributed by atoms with Crippen LogP contribution in [-0.2, 0) is 0 Å². The second-order valence-electron chi connectivity index (χ2n) is 12.8. The molecule has 1 atom stereocenters. The third kappa shape index (κ3) is 4.50. The SMILES string of the molecule is C1=C(c2ccccc2)NC(c2cc(-n3c4ccccc4c4ccccc43)ccc2-n2c3ccccc3c3ccccc32)N=C1c1ccccc1. The minimum atomic E-state index is -0.367. The van der Waals surface area contributed by atoms with Gasteiger partial charge in [0.1, 0.15) is 6.17 Å². The fourth-order valence-electron chi connectivity index (χ4n) is 7.72. The van der Waals surface area contributed by atoms with Gasteiger partial charge in [-0.2, -0.15) is 0 Å². The lowest BCUT2D eigenvalue weighted by Crippen LogP contribution is -2.26. The zero-order valence-electron chi connectivity index (χ0n) is 27.2. The zero-order valence-corrected chi connectivity index (χ0v) is 27.2. The number of allylic oxidation sites excluding steroid dienone is 1. The molecule has 7 aromatic carbocycles. The standard InChI is InChI=1S/C46H32N4/c1-3-15-31(16-4-1)39-30-40(32-17-5-2-6-18-32)48-46(47-39)38-29-33(49-41-23-11-7-19-34(41)35-20-8-12-24-42(35)49)27-28-45(38)50-43-25-13-9-21-36(43)37-22-10-14-26-44(37)50/h1-30,46-47H.